The lowest BCUT2D eigenvalue weighted by Gasteiger charge is -1.99. The van der Waals surface area contributed by atoms with Gasteiger partial charge in [0.2, 0.25) is 0 Å². The van der Waals surface area contributed by atoms with Crippen LogP contribution >= 0.6 is 0 Å². The highest BCUT2D eigenvalue weighted by atomic mass is 16.1. The van der Waals surface area contributed by atoms with Gasteiger partial charge in [-0.3, -0.25) is 4.79 Å². The molecule has 13 heavy (non-hydrogen) atoms. The molecule has 4 heteroatoms. The van der Waals surface area contributed by atoms with Gasteiger partial charge in [0.15, 0.2) is 0 Å². The molecule has 1 amide bonds. The van der Waals surface area contributed by atoms with Gasteiger partial charge in [-0.25, -0.2) is 4.98 Å². The fraction of sp³-hybridized carbons (Fsp3) is 0.111. The standard InChI is InChI=1S/C9H9N3O/c1-10-9(13)6-3-2-4-7-8(6)12-5-11-7/h2-5H,1H3,(H,10,13)(H,11,12). The van der Waals surface area contributed by atoms with Gasteiger partial charge in [0.1, 0.15) is 5.52 Å². The van der Waals surface area contributed by atoms with E-state index in [0.29, 0.717) is 11.1 Å². The molecule has 0 spiro atoms. The number of H-pyrrole nitrogens is 1. The molecule has 1 aromatic heterocycles. The summed E-state index contributed by atoms with van der Waals surface area (Å²) in [5, 5.41) is 2.57. The van der Waals surface area contributed by atoms with Crippen LogP contribution in [-0.2, 0) is 0 Å². The van der Waals surface area contributed by atoms with E-state index in [2.05, 4.69) is 15.3 Å². The monoisotopic (exact) mass is 175 g/mol. The van der Waals surface area contributed by atoms with Crippen molar-refractivity contribution in [1.82, 2.24) is 15.3 Å². The number of imidazole rings is 1. The van der Waals surface area contributed by atoms with Crippen molar-refractivity contribution in [2.45, 2.75) is 0 Å². The topological polar surface area (TPSA) is 57.8 Å². The second-order valence-corrected chi connectivity index (χ2v) is 2.68. The lowest BCUT2D eigenvalue weighted by Crippen LogP contribution is -2.17. The summed E-state index contributed by atoms with van der Waals surface area (Å²) in [5.74, 6) is -0.113. The van der Waals surface area contributed by atoms with Gasteiger partial charge in [-0.05, 0) is 12.1 Å². The summed E-state index contributed by atoms with van der Waals surface area (Å²) in [6.45, 7) is 0. The van der Waals surface area contributed by atoms with Gasteiger partial charge in [-0.2, -0.15) is 0 Å². The average Bonchev–Trinajstić information content (AvgIpc) is 2.63. The lowest BCUT2D eigenvalue weighted by atomic mass is 10.2. The van der Waals surface area contributed by atoms with Crippen LogP contribution in [0.5, 0.6) is 0 Å². The van der Waals surface area contributed by atoms with Crippen molar-refractivity contribution in [2.24, 2.45) is 0 Å². The molecule has 0 aliphatic rings. The van der Waals surface area contributed by atoms with Crippen molar-refractivity contribution < 1.29 is 4.79 Å². The Hall–Kier alpha value is -1.84. The summed E-state index contributed by atoms with van der Waals surface area (Å²) in [4.78, 5) is 18.4. The first-order valence-electron chi connectivity index (χ1n) is 3.97. The highest BCUT2D eigenvalue weighted by molar-refractivity contribution is 6.04. The normalized spacial score (nSPS) is 10.2. The third-order valence-corrected chi connectivity index (χ3v) is 1.92. The Bertz CT molecular complexity index is 447. The molecule has 0 aliphatic heterocycles. The number of hydrogen-bond acceptors (Lipinski definition) is 2. The first-order chi connectivity index (χ1) is 6.33. The summed E-state index contributed by atoms with van der Waals surface area (Å²) < 4.78 is 0. The molecule has 0 unspecified atom stereocenters. The summed E-state index contributed by atoms with van der Waals surface area (Å²) in [6, 6.07) is 5.46. The first kappa shape index (κ1) is 7.79. The fourth-order valence-corrected chi connectivity index (χ4v) is 1.28. The van der Waals surface area contributed by atoms with Crippen molar-refractivity contribution in [3.05, 3.63) is 30.1 Å². The van der Waals surface area contributed by atoms with Crippen molar-refractivity contribution >= 4 is 16.9 Å². The highest BCUT2D eigenvalue weighted by Gasteiger charge is 2.08. The Labute approximate surface area is 75.0 Å². The average molecular weight is 175 g/mol. The Morgan fingerprint density at radius 2 is 2.38 bits per heavy atom. The zero-order valence-corrected chi connectivity index (χ0v) is 7.16. The van der Waals surface area contributed by atoms with Crippen LogP contribution in [0.1, 0.15) is 10.4 Å². The van der Waals surface area contributed by atoms with Gasteiger partial charge in [0.05, 0.1) is 17.4 Å². The summed E-state index contributed by atoms with van der Waals surface area (Å²) in [7, 11) is 1.60. The lowest BCUT2D eigenvalue weighted by molar-refractivity contribution is 0.0964. The smallest absolute Gasteiger partial charge is 0.253 e. The maximum Gasteiger partial charge on any atom is 0.253 e. The molecule has 0 saturated heterocycles. The molecule has 4 nitrogen and oxygen atoms in total. The number of aromatic nitrogens is 2. The molecule has 0 bridgehead atoms. The molecule has 2 N–H and O–H groups in total. The number of carbonyl (C=O) groups is 1. The Kier molecular flexibility index (Phi) is 1.73. The second kappa shape index (κ2) is 2.90. The minimum atomic E-state index is -0.113. The molecular weight excluding hydrogens is 166 g/mol. The van der Waals surface area contributed by atoms with Crippen molar-refractivity contribution in [1.29, 1.82) is 0 Å². The highest BCUT2D eigenvalue weighted by Crippen LogP contribution is 2.13. The molecule has 1 heterocycles. The van der Waals surface area contributed by atoms with Crippen LogP contribution in [-0.4, -0.2) is 22.9 Å². The number of carbonyl (C=O) groups excluding carboxylic acids is 1. The van der Waals surface area contributed by atoms with Crippen LogP contribution in [0.25, 0.3) is 11.0 Å². The number of aromatic amines is 1. The van der Waals surface area contributed by atoms with E-state index in [1.807, 2.05) is 12.1 Å². The number of rotatable bonds is 1. The van der Waals surface area contributed by atoms with Crippen LogP contribution in [0.4, 0.5) is 0 Å². The Morgan fingerprint density at radius 3 is 3.15 bits per heavy atom. The predicted octanol–water partition coefficient (Wildman–Crippen LogP) is 0.922. The Balaban J connectivity index is 2.67. The largest absolute Gasteiger partial charge is 0.355 e. The van der Waals surface area contributed by atoms with E-state index in [1.165, 1.54) is 0 Å². The zero-order valence-electron chi connectivity index (χ0n) is 7.16. The fourth-order valence-electron chi connectivity index (χ4n) is 1.28. The van der Waals surface area contributed by atoms with E-state index in [-0.39, 0.29) is 5.91 Å². The maximum absolute atomic E-state index is 11.4. The molecule has 0 fully saturated rings. The van der Waals surface area contributed by atoms with E-state index in [9.17, 15) is 4.79 Å². The molecule has 0 saturated carbocycles. The predicted molar refractivity (Wildman–Crippen MR) is 49.5 cm³/mol. The van der Waals surface area contributed by atoms with Crippen molar-refractivity contribution in [3.63, 3.8) is 0 Å². The van der Waals surface area contributed by atoms with E-state index < -0.39 is 0 Å². The van der Waals surface area contributed by atoms with Crippen LogP contribution in [0, 0.1) is 0 Å². The molecule has 66 valence electrons. The summed E-state index contributed by atoms with van der Waals surface area (Å²) in [5.41, 5.74) is 2.18. The molecule has 0 aliphatic carbocycles. The van der Waals surface area contributed by atoms with Gasteiger partial charge in [-0.1, -0.05) is 6.07 Å². The quantitative estimate of drug-likeness (QED) is 0.677. The van der Waals surface area contributed by atoms with Crippen molar-refractivity contribution in [3.8, 4) is 0 Å². The molecule has 2 rings (SSSR count). The van der Waals surface area contributed by atoms with Gasteiger partial charge in [-0.15, -0.1) is 0 Å². The zero-order chi connectivity index (χ0) is 9.26. The maximum atomic E-state index is 11.4. The number of nitrogens with one attached hydrogen (secondary N) is 2. The van der Waals surface area contributed by atoms with Crippen LogP contribution in [0.3, 0.4) is 0 Å². The number of hydrogen-bond donors (Lipinski definition) is 2. The Morgan fingerprint density at radius 1 is 1.54 bits per heavy atom. The molecule has 2 aromatic rings. The third kappa shape index (κ3) is 1.16. The van der Waals surface area contributed by atoms with E-state index in [0.717, 1.165) is 5.52 Å². The summed E-state index contributed by atoms with van der Waals surface area (Å²) in [6.07, 6.45) is 1.58. The van der Waals surface area contributed by atoms with Gasteiger partial charge in [0.25, 0.3) is 5.91 Å². The molecule has 0 radical (unpaired) electrons. The number of fused-ring (bicyclic) bond motifs is 1. The number of amides is 1. The van der Waals surface area contributed by atoms with Crippen LogP contribution < -0.4 is 5.32 Å². The second-order valence-electron chi connectivity index (χ2n) is 2.68. The van der Waals surface area contributed by atoms with Gasteiger partial charge >= 0.3 is 0 Å². The SMILES string of the molecule is CNC(=O)c1cccc2[nH]cnc12. The molecule has 1 aromatic carbocycles. The molecular formula is C9H9N3O. The van der Waals surface area contributed by atoms with Gasteiger partial charge < -0.3 is 10.3 Å². The first-order valence-corrected chi connectivity index (χ1v) is 3.97. The molecule has 0 atom stereocenters. The van der Waals surface area contributed by atoms with Gasteiger partial charge in [0, 0.05) is 7.05 Å². The number of para-hydroxylation sites is 1. The third-order valence-electron chi connectivity index (χ3n) is 1.92. The van der Waals surface area contributed by atoms with E-state index in [1.54, 1.807) is 19.4 Å². The van der Waals surface area contributed by atoms with E-state index >= 15 is 0 Å². The van der Waals surface area contributed by atoms with Crippen LogP contribution in [0.2, 0.25) is 0 Å². The number of benzene rings is 1. The van der Waals surface area contributed by atoms with Crippen molar-refractivity contribution in [2.75, 3.05) is 7.05 Å². The minimum absolute atomic E-state index is 0.113. The van der Waals surface area contributed by atoms with E-state index in [4.69, 9.17) is 0 Å². The number of nitrogens with zero attached hydrogens (tertiary/aromatic N) is 1. The summed E-state index contributed by atoms with van der Waals surface area (Å²) >= 11 is 0. The van der Waals surface area contributed by atoms with Crippen LogP contribution in [0.15, 0.2) is 24.5 Å². The minimum Gasteiger partial charge on any atom is -0.355 e.